The molecule has 0 bridgehead atoms. The van der Waals surface area contributed by atoms with Crippen LogP contribution in [0.25, 0.3) is 6.08 Å². The number of amides is 2. The van der Waals surface area contributed by atoms with E-state index in [-0.39, 0.29) is 31.2 Å². The number of carboxylic acid groups (broad SMARTS) is 1. The lowest BCUT2D eigenvalue weighted by Crippen LogP contribution is -2.32. The highest BCUT2D eigenvalue weighted by Gasteiger charge is 2.32. The number of nitrogens with one attached hydrogen (secondary N) is 2. The molecule has 0 saturated carbocycles. The lowest BCUT2D eigenvalue weighted by Gasteiger charge is -2.05. The molecule has 1 heterocycles. The molecule has 2 rings (SSSR count). The first-order chi connectivity index (χ1) is 12.5. The molecule has 136 valence electrons. The molecule has 2 amide bonds. The molecule has 1 unspecified atom stereocenters. The summed E-state index contributed by atoms with van der Waals surface area (Å²) in [5, 5.41) is 21.0. The molecule has 1 aromatic rings. The molecule has 0 aromatic heterocycles. The van der Waals surface area contributed by atoms with Crippen LogP contribution in [-0.2, 0) is 14.4 Å². The van der Waals surface area contributed by atoms with Crippen molar-refractivity contribution in [3.8, 4) is 0 Å². The summed E-state index contributed by atoms with van der Waals surface area (Å²) in [5.41, 5.74) is 1.03. The Hall–Kier alpha value is -2.94. The molecule has 0 radical (unpaired) electrons. The summed E-state index contributed by atoms with van der Waals surface area (Å²) in [5.74, 6) is -1.70. The van der Waals surface area contributed by atoms with E-state index in [2.05, 4.69) is 20.8 Å². The van der Waals surface area contributed by atoms with Gasteiger partial charge in [-0.3, -0.25) is 14.4 Å². The van der Waals surface area contributed by atoms with Crippen molar-refractivity contribution in [1.82, 2.24) is 10.6 Å². The largest absolute Gasteiger partial charge is 0.481 e. The first kappa shape index (κ1) is 19.4. The number of hydrogen-bond acceptors (Lipinski definition) is 6. The van der Waals surface area contributed by atoms with E-state index in [1.54, 1.807) is 6.08 Å². The molecule has 1 atom stereocenters. The summed E-state index contributed by atoms with van der Waals surface area (Å²) >= 11 is 1.12. The van der Waals surface area contributed by atoms with Gasteiger partial charge in [-0.15, -0.1) is 5.10 Å². The number of amidine groups is 1. The van der Waals surface area contributed by atoms with E-state index >= 15 is 0 Å². The van der Waals surface area contributed by atoms with Crippen molar-refractivity contribution in [2.45, 2.75) is 18.1 Å². The molecule has 9 heteroatoms. The van der Waals surface area contributed by atoms with Gasteiger partial charge in [0, 0.05) is 19.2 Å². The molecule has 1 aromatic carbocycles. The van der Waals surface area contributed by atoms with Gasteiger partial charge in [-0.05, 0) is 11.6 Å². The van der Waals surface area contributed by atoms with Crippen molar-refractivity contribution < 1.29 is 19.5 Å². The van der Waals surface area contributed by atoms with E-state index in [0.29, 0.717) is 5.17 Å². The van der Waals surface area contributed by atoms with Gasteiger partial charge in [0.1, 0.15) is 5.25 Å². The van der Waals surface area contributed by atoms with E-state index in [0.717, 1.165) is 17.3 Å². The van der Waals surface area contributed by atoms with Crippen LogP contribution in [0.5, 0.6) is 0 Å². The normalized spacial score (nSPS) is 18.5. The number of carbonyl (C=O) groups is 3. The first-order valence-electron chi connectivity index (χ1n) is 7.83. The van der Waals surface area contributed by atoms with Gasteiger partial charge < -0.3 is 15.7 Å². The minimum absolute atomic E-state index is 0.0339. The predicted molar refractivity (Wildman–Crippen MR) is 101 cm³/mol. The van der Waals surface area contributed by atoms with Crippen LogP contribution >= 0.6 is 11.8 Å². The van der Waals surface area contributed by atoms with Crippen molar-refractivity contribution in [2.75, 3.05) is 6.54 Å². The average molecular weight is 374 g/mol. The number of allylic oxidation sites excluding steroid dienone is 1. The molecule has 0 spiro atoms. The van der Waals surface area contributed by atoms with E-state index < -0.39 is 11.2 Å². The number of rotatable bonds is 8. The molecule has 1 aliphatic rings. The summed E-state index contributed by atoms with van der Waals surface area (Å²) in [6.07, 6.45) is 4.89. The number of carbonyl (C=O) groups excluding carboxylic acids is 2. The maximum atomic E-state index is 11.8. The van der Waals surface area contributed by atoms with E-state index in [1.807, 2.05) is 36.4 Å². The molecule has 3 N–H and O–H groups in total. The van der Waals surface area contributed by atoms with E-state index in [1.165, 1.54) is 6.21 Å². The zero-order valence-electron chi connectivity index (χ0n) is 13.8. The fourth-order valence-corrected chi connectivity index (χ4v) is 2.90. The van der Waals surface area contributed by atoms with Crippen LogP contribution in [0, 0.1) is 0 Å². The fourth-order valence-electron chi connectivity index (χ4n) is 1.98. The summed E-state index contributed by atoms with van der Waals surface area (Å²) in [6.45, 7) is 0.0339. The minimum Gasteiger partial charge on any atom is -0.481 e. The Labute approximate surface area is 154 Å². The molecule has 26 heavy (non-hydrogen) atoms. The number of hydrogen-bond donors (Lipinski definition) is 3. The van der Waals surface area contributed by atoms with Crippen LogP contribution in [0.2, 0.25) is 0 Å². The van der Waals surface area contributed by atoms with Crippen molar-refractivity contribution in [3.05, 3.63) is 42.0 Å². The van der Waals surface area contributed by atoms with Crippen LogP contribution in [0.3, 0.4) is 0 Å². The first-order valence-corrected chi connectivity index (χ1v) is 8.71. The number of benzene rings is 1. The Kier molecular flexibility index (Phi) is 7.56. The van der Waals surface area contributed by atoms with Gasteiger partial charge in [-0.1, -0.05) is 48.2 Å². The Bertz CT molecular complexity index is 746. The van der Waals surface area contributed by atoms with Crippen molar-refractivity contribution in [3.63, 3.8) is 0 Å². The van der Waals surface area contributed by atoms with Crippen molar-refractivity contribution in [1.29, 1.82) is 0 Å². The lowest BCUT2D eigenvalue weighted by molar-refractivity contribution is -0.137. The molecule has 1 fully saturated rings. The van der Waals surface area contributed by atoms with Gasteiger partial charge in [-0.25, -0.2) is 0 Å². The quantitative estimate of drug-likeness (QED) is 0.467. The second-order valence-corrected chi connectivity index (χ2v) is 6.42. The van der Waals surface area contributed by atoms with E-state index in [4.69, 9.17) is 5.11 Å². The van der Waals surface area contributed by atoms with Gasteiger partial charge >= 0.3 is 5.97 Å². The SMILES string of the molecule is O=C(O)CCNC(=O)CC1SC(=N/N=C/C=C/c2ccccc2)NC1=O. The third-order valence-electron chi connectivity index (χ3n) is 3.20. The predicted octanol–water partition coefficient (Wildman–Crippen LogP) is 1.25. The van der Waals surface area contributed by atoms with Crippen LogP contribution in [0.4, 0.5) is 0 Å². The topological polar surface area (TPSA) is 120 Å². The Balaban J connectivity index is 1.78. The van der Waals surface area contributed by atoms with Gasteiger partial charge in [0.2, 0.25) is 11.8 Å². The Morgan fingerprint density at radius 2 is 2.08 bits per heavy atom. The van der Waals surface area contributed by atoms with Gasteiger partial charge in [-0.2, -0.15) is 5.10 Å². The third-order valence-corrected chi connectivity index (χ3v) is 4.27. The zero-order valence-corrected chi connectivity index (χ0v) is 14.6. The van der Waals surface area contributed by atoms with Crippen molar-refractivity contribution in [2.24, 2.45) is 10.2 Å². The number of thioether (sulfide) groups is 1. The lowest BCUT2D eigenvalue weighted by atomic mass is 10.2. The third kappa shape index (κ3) is 6.89. The summed E-state index contributed by atoms with van der Waals surface area (Å²) in [6, 6.07) is 9.70. The minimum atomic E-state index is -0.994. The number of nitrogens with zero attached hydrogens (tertiary/aromatic N) is 2. The molecule has 0 aliphatic carbocycles. The highest BCUT2D eigenvalue weighted by molar-refractivity contribution is 8.15. The summed E-state index contributed by atoms with van der Waals surface area (Å²) in [4.78, 5) is 33.9. The van der Waals surface area contributed by atoms with Gasteiger partial charge in [0.15, 0.2) is 5.17 Å². The second-order valence-electron chi connectivity index (χ2n) is 5.23. The standard InChI is InChI=1S/C17H18N4O4S/c22-14(18-10-8-15(23)24)11-13-16(25)20-17(26-13)21-19-9-4-7-12-5-2-1-3-6-12/h1-7,9,13H,8,10-11H2,(H,18,22)(H,23,24)(H,20,21,25)/b7-4+,19-9+. The second kappa shape index (κ2) is 10.1. The molecule has 1 saturated heterocycles. The van der Waals surface area contributed by atoms with Crippen LogP contribution in [-0.4, -0.2) is 46.1 Å². The van der Waals surface area contributed by atoms with Gasteiger partial charge in [0.25, 0.3) is 0 Å². The van der Waals surface area contributed by atoms with Crippen LogP contribution in [0.1, 0.15) is 18.4 Å². The summed E-state index contributed by atoms with van der Waals surface area (Å²) in [7, 11) is 0. The Morgan fingerprint density at radius 1 is 1.31 bits per heavy atom. The summed E-state index contributed by atoms with van der Waals surface area (Å²) < 4.78 is 0. The monoisotopic (exact) mass is 374 g/mol. The Morgan fingerprint density at radius 3 is 2.81 bits per heavy atom. The maximum Gasteiger partial charge on any atom is 0.305 e. The van der Waals surface area contributed by atoms with Crippen LogP contribution < -0.4 is 10.6 Å². The fraction of sp³-hybridized carbons (Fsp3) is 0.235. The highest BCUT2D eigenvalue weighted by atomic mass is 32.2. The zero-order chi connectivity index (χ0) is 18.8. The van der Waals surface area contributed by atoms with Crippen molar-refractivity contribution >= 4 is 47.0 Å². The molecular formula is C17H18N4O4S. The van der Waals surface area contributed by atoms with Gasteiger partial charge in [0.05, 0.1) is 6.42 Å². The average Bonchev–Trinajstić information content (AvgIpc) is 2.94. The number of carboxylic acids is 1. The maximum absolute atomic E-state index is 11.8. The molecule has 1 aliphatic heterocycles. The molecular weight excluding hydrogens is 356 g/mol. The smallest absolute Gasteiger partial charge is 0.305 e. The molecule has 8 nitrogen and oxygen atoms in total. The highest BCUT2D eigenvalue weighted by Crippen LogP contribution is 2.22. The van der Waals surface area contributed by atoms with E-state index in [9.17, 15) is 14.4 Å². The van der Waals surface area contributed by atoms with Crippen LogP contribution in [0.15, 0.2) is 46.6 Å². The number of aliphatic carboxylic acids is 1.